The molecule has 0 aromatic heterocycles. The van der Waals surface area contributed by atoms with E-state index >= 15 is 0 Å². The van der Waals surface area contributed by atoms with Crippen molar-refractivity contribution in [3.05, 3.63) is 29.8 Å². The first-order chi connectivity index (χ1) is 9.93. The number of anilines is 1. The topological polar surface area (TPSA) is 70.1 Å². The third kappa shape index (κ3) is 3.16. The number of methoxy groups -OCH3 is 1. The van der Waals surface area contributed by atoms with E-state index in [-0.39, 0.29) is 12.0 Å². The maximum atomic E-state index is 12.6. The van der Waals surface area contributed by atoms with Crippen LogP contribution in [0.4, 0.5) is 5.69 Å². The van der Waals surface area contributed by atoms with E-state index in [2.05, 4.69) is 0 Å². The van der Waals surface area contributed by atoms with Gasteiger partial charge in [0.05, 0.1) is 6.10 Å². The summed E-state index contributed by atoms with van der Waals surface area (Å²) in [5.41, 5.74) is 1.39. The highest BCUT2D eigenvalue weighted by Gasteiger charge is 2.40. The minimum Gasteiger partial charge on any atom is -0.480 e. The number of carbonyl (C=O) groups excluding carboxylic acids is 1. The van der Waals surface area contributed by atoms with Gasteiger partial charge >= 0.3 is 5.97 Å². The Kier molecular flexibility index (Phi) is 4.47. The van der Waals surface area contributed by atoms with Gasteiger partial charge in [0.15, 0.2) is 0 Å². The molecule has 1 aliphatic rings. The minimum atomic E-state index is -0.994. The van der Waals surface area contributed by atoms with Crippen molar-refractivity contribution in [2.45, 2.75) is 18.6 Å². The van der Waals surface area contributed by atoms with Crippen LogP contribution in [0.5, 0.6) is 0 Å². The summed E-state index contributed by atoms with van der Waals surface area (Å²) >= 11 is 0. The molecule has 1 aliphatic heterocycles. The van der Waals surface area contributed by atoms with Crippen LogP contribution in [0.25, 0.3) is 0 Å². The summed E-state index contributed by atoms with van der Waals surface area (Å²) in [5.74, 6) is -1.27. The first-order valence-corrected chi connectivity index (χ1v) is 6.78. The molecular weight excluding hydrogens is 272 g/mol. The molecule has 0 radical (unpaired) electrons. The van der Waals surface area contributed by atoms with E-state index in [1.165, 1.54) is 12.0 Å². The average molecular weight is 292 g/mol. The Balaban J connectivity index is 2.25. The molecule has 1 aromatic rings. The lowest BCUT2D eigenvalue weighted by Gasteiger charge is -2.22. The summed E-state index contributed by atoms with van der Waals surface area (Å²) in [5, 5.41) is 9.28. The maximum Gasteiger partial charge on any atom is 0.326 e. The van der Waals surface area contributed by atoms with Crippen LogP contribution in [0.3, 0.4) is 0 Å². The van der Waals surface area contributed by atoms with Gasteiger partial charge in [-0.3, -0.25) is 4.79 Å². The number of hydrogen-bond acceptors (Lipinski definition) is 4. The molecule has 1 amide bonds. The summed E-state index contributed by atoms with van der Waals surface area (Å²) in [6, 6.07) is 6.33. The van der Waals surface area contributed by atoms with Gasteiger partial charge in [0.1, 0.15) is 6.04 Å². The van der Waals surface area contributed by atoms with Crippen LogP contribution in [0.2, 0.25) is 0 Å². The highest BCUT2D eigenvalue weighted by atomic mass is 16.5. The van der Waals surface area contributed by atoms with Gasteiger partial charge in [-0.1, -0.05) is 6.07 Å². The molecule has 1 saturated heterocycles. The van der Waals surface area contributed by atoms with Crippen LogP contribution in [-0.4, -0.2) is 61.8 Å². The fraction of sp³-hybridized carbons (Fsp3) is 0.467. The number of aliphatic carboxylic acids is 1. The van der Waals surface area contributed by atoms with Gasteiger partial charge in [-0.25, -0.2) is 4.79 Å². The Morgan fingerprint density at radius 1 is 1.38 bits per heavy atom. The van der Waals surface area contributed by atoms with Gasteiger partial charge in [0.2, 0.25) is 0 Å². The molecule has 21 heavy (non-hydrogen) atoms. The van der Waals surface area contributed by atoms with Crippen molar-refractivity contribution in [2.75, 3.05) is 32.6 Å². The fourth-order valence-electron chi connectivity index (χ4n) is 2.51. The van der Waals surface area contributed by atoms with E-state index in [0.717, 1.165) is 5.69 Å². The molecule has 6 nitrogen and oxygen atoms in total. The molecule has 1 fully saturated rings. The van der Waals surface area contributed by atoms with Crippen molar-refractivity contribution >= 4 is 17.6 Å². The quantitative estimate of drug-likeness (QED) is 0.899. The number of carboxylic acids is 1. The number of benzene rings is 1. The normalized spacial score (nSPS) is 21.4. The SMILES string of the molecule is COC1CC(C(=O)O)N(C(=O)c2cccc(N(C)C)c2)C1. The van der Waals surface area contributed by atoms with Crippen molar-refractivity contribution in [2.24, 2.45) is 0 Å². The molecule has 6 heteroatoms. The Morgan fingerprint density at radius 3 is 2.67 bits per heavy atom. The van der Waals surface area contributed by atoms with E-state index < -0.39 is 12.0 Å². The molecule has 0 aliphatic carbocycles. The van der Waals surface area contributed by atoms with Crippen LogP contribution in [-0.2, 0) is 9.53 Å². The monoisotopic (exact) mass is 292 g/mol. The second-order valence-electron chi connectivity index (χ2n) is 5.35. The van der Waals surface area contributed by atoms with Crippen LogP contribution in [0.1, 0.15) is 16.8 Å². The average Bonchev–Trinajstić information content (AvgIpc) is 2.91. The zero-order valence-electron chi connectivity index (χ0n) is 12.4. The second kappa shape index (κ2) is 6.13. The number of ether oxygens (including phenoxy) is 1. The number of likely N-dealkylation sites (tertiary alicyclic amines) is 1. The van der Waals surface area contributed by atoms with Crippen LogP contribution in [0, 0.1) is 0 Å². The third-order valence-corrected chi connectivity index (χ3v) is 3.75. The van der Waals surface area contributed by atoms with Gasteiger partial charge in [-0.05, 0) is 18.2 Å². The van der Waals surface area contributed by atoms with Crippen molar-refractivity contribution < 1.29 is 19.4 Å². The number of carbonyl (C=O) groups is 2. The zero-order valence-corrected chi connectivity index (χ0v) is 12.4. The molecular formula is C15H20N2O4. The standard InChI is InChI=1S/C15H20N2O4/c1-16(2)11-6-4-5-10(7-11)14(18)17-9-12(21-3)8-13(17)15(19)20/h4-7,12-13H,8-9H2,1-3H3,(H,19,20). The number of carboxylic acid groups (broad SMARTS) is 1. The van der Waals surface area contributed by atoms with Crippen molar-refractivity contribution in [1.82, 2.24) is 4.90 Å². The molecule has 1 heterocycles. The van der Waals surface area contributed by atoms with Gasteiger partial charge < -0.3 is 19.6 Å². The molecule has 0 bridgehead atoms. The van der Waals surface area contributed by atoms with Crippen LogP contribution >= 0.6 is 0 Å². The lowest BCUT2D eigenvalue weighted by molar-refractivity contribution is -0.141. The number of rotatable bonds is 4. The summed E-state index contributed by atoms with van der Waals surface area (Å²) in [6.07, 6.45) is 0.0948. The highest BCUT2D eigenvalue weighted by Crippen LogP contribution is 2.24. The summed E-state index contributed by atoms with van der Waals surface area (Å²) in [6.45, 7) is 0.304. The summed E-state index contributed by atoms with van der Waals surface area (Å²) in [7, 11) is 5.31. The van der Waals surface area contributed by atoms with E-state index in [4.69, 9.17) is 4.74 Å². The van der Waals surface area contributed by atoms with E-state index in [1.807, 2.05) is 25.1 Å². The Labute approximate surface area is 123 Å². The highest BCUT2D eigenvalue weighted by molar-refractivity contribution is 5.97. The Morgan fingerprint density at radius 2 is 2.10 bits per heavy atom. The molecule has 0 saturated carbocycles. The number of hydrogen-bond donors (Lipinski definition) is 1. The fourth-order valence-corrected chi connectivity index (χ4v) is 2.51. The Hall–Kier alpha value is -2.08. The predicted octanol–water partition coefficient (Wildman–Crippen LogP) is 1.07. The van der Waals surface area contributed by atoms with E-state index in [0.29, 0.717) is 18.5 Å². The van der Waals surface area contributed by atoms with Crippen LogP contribution < -0.4 is 4.90 Å². The smallest absolute Gasteiger partial charge is 0.326 e. The number of nitrogens with zero attached hydrogens (tertiary/aromatic N) is 2. The minimum absolute atomic E-state index is 0.230. The summed E-state index contributed by atoms with van der Waals surface area (Å²) in [4.78, 5) is 27.2. The predicted molar refractivity (Wildman–Crippen MR) is 78.6 cm³/mol. The van der Waals surface area contributed by atoms with Crippen LogP contribution in [0.15, 0.2) is 24.3 Å². The third-order valence-electron chi connectivity index (χ3n) is 3.75. The van der Waals surface area contributed by atoms with Gasteiger partial charge in [-0.15, -0.1) is 0 Å². The first-order valence-electron chi connectivity index (χ1n) is 6.78. The summed E-state index contributed by atoms with van der Waals surface area (Å²) < 4.78 is 5.20. The zero-order chi connectivity index (χ0) is 15.6. The van der Waals surface area contributed by atoms with Crippen molar-refractivity contribution in [1.29, 1.82) is 0 Å². The van der Waals surface area contributed by atoms with E-state index in [9.17, 15) is 14.7 Å². The van der Waals surface area contributed by atoms with E-state index in [1.54, 1.807) is 18.2 Å². The van der Waals surface area contributed by atoms with Crippen molar-refractivity contribution in [3.8, 4) is 0 Å². The molecule has 2 atom stereocenters. The largest absolute Gasteiger partial charge is 0.480 e. The first kappa shape index (κ1) is 15.3. The molecule has 1 aromatic carbocycles. The molecule has 2 rings (SSSR count). The molecule has 2 unspecified atom stereocenters. The Bertz CT molecular complexity index is 544. The van der Waals surface area contributed by atoms with Gasteiger partial charge in [-0.2, -0.15) is 0 Å². The van der Waals surface area contributed by atoms with Gasteiger partial charge in [0.25, 0.3) is 5.91 Å². The maximum absolute atomic E-state index is 12.6. The molecule has 114 valence electrons. The number of amides is 1. The second-order valence-corrected chi connectivity index (χ2v) is 5.35. The molecule has 0 spiro atoms. The molecule has 1 N–H and O–H groups in total. The van der Waals surface area contributed by atoms with Crippen molar-refractivity contribution in [3.63, 3.8) is 0 Å². The lowest BCUT2D eigenvalue weighted by Crippen LogP contribution is -2.40. The van der Waals surface area contributed by atoms with Gasteiger partial charge in [0, 0.05) is 45.4 Å². The lowest BCUT2D eigenvalue weighted by atomic mass is 10.1.